The van der Waals surface area contributed by atoms with Crippen molar-refractivity contribution < 1.29 is 9.18 Å². The highest BCUT2D eigenvalue weighted by Crippen LogP contribution is 2.13. The van der Waals surface area contributed by atoms with Gasteiger partial charge in [0.1, 0.15) is 5.82 Å². The molecule has 0 fully saturated rings. The first-order valence-corrected chi connectivity index (χ1v) is 7.85. The fraction of sp³-hybridized carbons (Fsp3) is 0.0588. The van der Waals surface area contributed by atoms with E-state index in [1.54, 1.807) is 12.1 Å². The van der Waals surface area contributed by atoms with Crippen LogP contribution >= 0.6 is 15.9 Å². The summed E-state index contributed by atoms with van der Waals surface area (Å²) in [4.78, 5) is 10.1. The maximum Gasteiger partial charge on any atom is 0.168 e. The topological polar surface area (TPSA) is 104 Å². The number of nitrogens with two attached hydrogens (primary N) is 1. The third kappa shape index (κ3) is 7.49. The van der Waals surface area contributed by atoms with Gasteiger partial charge < -0.3 is 11.2 Å². The molecule has 0 bridgehead atoms. The molecule has 0 saturated carbocycles. The maximum absolute atomic E-state index is 12.5. The quantitative estimate of drug-likeness (QED) is 0.175. The molecule has 0 spiro atoms. The van der Waals surface area contributed by atoms with Crippen molar-refractivity contribution in [1.82, 2.24) is 0 Å². The first kappa shape index (κ1) is 20.2. The van der Waals surface area contributed by atoms with Crippen LogP contribution in [-0.4, -0.2) is 19.2 Å². The van der Waals surface area contributed by atoms with Crippen LogP contribution in [0, 0.1) is 11.2 Å². The summed E-state index contributed by atoms with van der Waals surface area (Å²) in [5, 5.41) is 16.7. The first-order valence-electron chi connectivity index (χ1n) is 7.05. The maximum atomic E-state index is 12.5. The van der Waals surface area contributed by atoms with E-state index in [0.717, 1.165) is 11.3 Å². The van der Waals surface area contributed by atoms with Crippen molar-refractivity contribution in [1.29, 1.82) is 5.41 Å². The average molecular weight is 406 g/mol. The third-order valence-electron chi connectivity index (χ3n) is 2.86. The number of hydrogen-bond donors (Lipinski definition) is 3. The van der Waals surface area contributed by atoms with Gasteiger partial charge in [-0.2, -0.15) is 0 Å². The zero-order valence-corrected chi connectivity index (χ0v) is 15.0. The van der Waals surface area contributed by atoms with Gasteiger partial charge in [-0.15, -0.1) is 5.11 Å². The summed E-state index contributed by atoms with van der Waals surface area (Å²) in [5.41, 5.74) is 2.08. The minimum Gasteiger partial charge on any atom is -0.388 e. The Morgan fingerprint density at radius 1 is 1.32 bits per heavy atom. The lowest BCUT2D eigenvalue weighted by Gasteiger charge is -1.99. The minimum absolute atomic E-state index is 0.0207. The van der Waals surface area contributed by atoms with Gasteiger partial charge >= 0.3 is 0 Å². The molecule has 0 aliphatic rings. The van der Waals surface area contributed by atoms with Gasteiger partial charge in [-0.1, -0.05) is 39.4 Å². The first-order chi connectivity index (χ1) is 12.0. The van der Waals surface area contributed by atoms with Gasteiger partial charge in [0.25, 0.3) is 0 Å². The molecule has 8 heteroatoms. The lowest BCUT2D eigenvalue weighted by atomic mass is 10.2. The number of nitrogens with one attached hydrogen (secondary N) is 2. The van der Waals surface area contributed by atoms with Crippen molar-refractivity contribution in [2.24, 2.45) is 16.2 Å². The van der Waals surface area contributed by atoms with E-state index in [1.807, 2.05) is 31.3 Å². The van der Waals surface area contributed by atoms with Crippen molar-refractivity contribution >= 4 is 39.8 Å². The summed E-state index contributed by atoms with van der Waals surface area (Å²) in [6.45, 7) is 0. The van der Waals surface area contributed by atoms with Crippen LogP contribution in [0.25, 0.3) is 6.08 Å². The number of aldehydes is 1. The molecule has 25 heavy (non-hydrogen) atoms. The SMILES string of the molecule is CNc1cccc(/C=C/C(=N)N=NN)c1.O=Cc1cc(Br)ccc1F. The van der Waals surface area contributed by atoms with Crippen LogP contribution in [0.5, 0.6) is 0 Å². The molecule has 0 heterocycles. The Kier molecular flexibility index (Phi) is 8.73. The number of carbonyl (C=O) groups excluding carboxylic acids is 1. The summed E-state index contributed by atoms with van der Waals surface area (Å²) < 4.78 is 13.2. The van der Waals surface area contributed by atoms with Crippen LogP contribution in [0.3, 0.4) is 0 Å². The predicted octanol–water partition coefficient (Wildman–Crippen LogP) is 4.45. The summed E-state index contributed by atoms with van der Waals surface area (Å²) in [6.07, 6.45) is 3.79. The smallest absolute Gasteiger partial charge is 0.168 e. The molecular weight excluding hydrogens is 389 g/mol. The number of anilines is 1. The highest BCUT2D eigenvalue weighted by molar-refractivity contribution is 9.10. The average Bonchev–Trinajstić information content (AvgIpc) is 2.63. The number of hydrogen-bond acceptors (Lipinski definition) is 4. The fourth-order valence-electron chi connectivity index (χ4n) is 1.67. The standard InChI is InChI=1S/C10H13N5.C7H4BrFO/c1-13-9-4-2-3-8(7-9)5-6-10(11)14-15-12;8-6-1-2-7(9)5(3-6)4-10/h2-7,13H,1H3,(H3,11,12,14);1-4H/b6-5+;. The summed E-state index contributed by atoms with van der Waals surface area (Å²) in [7, 11) is 1.85. The normalized spacial score (nSPS) is 10.4. The molecule has 2 rings (SSSR count). The second-order valence-electron chi connectivity index (χ2n) is 4.59. The Balaban J connectivity index is 0.000000271. The Morgan fingerprint density at radius 2 is 2.08 bits per heavy atom. The second-order valence-corrected chi connectivity index (χ2v) is 5.51. The van der Waals surface area contributed by atoms with Crippen LogP contribution in [0.1, 0.15) is 15.9 Å². The van der Waals surface area contributed by atoms with Crippen molar-refractivity contribution in [3.63, 3.8) is 0 Å². The Bertz CT molecular complexity index is 792. The molecule has 0 radical (unpaired) electrons. The molecule has 2 aromatic carbocycles. The molecule has 2 aromatic rings. The molecular formula is C17H17BrFN5O. The van der Waals surface area contributed by atoms with Gasteiger partial charge in [-0.05, 0) is 42.0 Å². The Labute approximate surface area is 153 Å². The minimum atomic E-state index is -0.488. The fourth-order valence-corrected chi connectivity index (χ4v) is 2.05. The van der Waals surface area contributed by atoms with Gasteiger partial charge in [0.2, 0.25) is 0 Å². The van der Waals surface area contributed by atoms with Gasteiger partial charge in [0.15, 0.2) is 12.1 Å². The number of nitrogens with zero attached hydrogens (tertiary/aromatic N) is 2. The van der Waals surface area contributed by atoms with Gasteiger partial charge in [0, 0.05) is 17.2 Å². The highest BCUT2D eigenvalue weighted by Gasteiger charge is 1.99. The molecule has 0 aromatic heterocycles. The number of rotatable bonds is 4. The molecule has 0 atom stereocenters. The molecule has 0 saturated heterocycles. The van der Waals surface area contributed by atoms with E-state index in [1.165, 1.54) is 18.2 Å². The van der Waals surface area contributed by atoms with Crippen molar-refractivity contribution in [2.75, 3.05) is 12.4 Å². The molecule has 4 N–H and O–H groups in total. The van der Waals surface area contributed by atoms with E-state index in [-0.39, 0.29) is 11.4 Å². The van der Waals surface area contributed by atoms with Crippen molar-refractivity contribution in [3.05, 3.63) is 70.0 Å². The number of carbonyl (C=O) groups is 1. The van der Waals surface area contributed by atoms with Crippen LogP contribution in [0.4, 0.5) is 10.1 Å². The van der Waals surface area contributed by atoms with Crippen LogP contribution in [-0.2, 0) is 0 Å². The van der Waals surface area contributed by atoms with Gasteiger partial charge in [0.05, 0.1) is 5.56 Å². The largest absolute Gasteiger partial charge is 0.388 e. The zero-order valence-electron chi connectivity index (χ0n) is 13.4. The van der Waals surface area contributed by atoms with Crippen molar-refractivity contribution in [2.45, 2.75) is 0 Å². The summed E-state index contributed by atoms with van der Waals surface area (Å²) >= 11 is 3.11. The zero-order chi connectivity index (χ0) is 18.7. The van der Waals surface area contributed by atoms with E-state index in [2.05, 4.69) is 31.6 Å². The predicted molar refractivity (Wildman–Crippen MR) is 101 cm³/mol. The van der Waals surface area contributed by atoms with Crippen LogP contribution in [0.2, 0.25) is 0 Å². The molecule has 0 amide bonds. The van der Waals surface area contributed by atoms with Crippen LogP contribution in [0.15, 0.2) is 63.4 Å². The summed E-state index contributed by atoms with van der Waals surface area (Å²) in [6, 6.07) is 12.0. The van der Waals surface area contributed by atoms with E-state index in [4.69, 9.17) is 11.3 Å². The van der Waals surface area contributed by atoms with E-state index in [0.29, 0.717) is 10.8 Å². The highest BCUT2D eigenvalue weighted by atomic mass is 79.9. The Morgan fingerprint density at radius 3 is 2.68 bits per heavy atom. The Hall–Kier alpha value is -2.87. The van der Waals surface area contributed by atoms with E-state index in [9.17, 15) is 9.18 Å². The third-order valence-corrected chi connectivity index (χ3v) is 3.35. The number of halogens is 2. The van der Waals surface area contributed by atoms with Gasteiger partial charge in [-0.3, -0.25) is 10.2 Å². The lowest BCUT2D eigenvalue weighted by Crippen LogP contribution is -1.88. The van der Waals surface area contributed by atoms with E-state index >= 15 is 0 Å². The number of benzene rings is 2. The monoisotopic (exact) mass is 405 g/mol. The van der Waals surface area contributed by atoms with Gasteiger partial charge in [-0.25, -0.2) is 4.39 Å². The molecule has 6 nitrogen and oxygen atoms in total. The second kappa shape index (κ2) is 10.8. The molecule has 0 unspecified atom stereocenters. The van der Waals surface area contributed by atoms with Crippen molar-refractivity contribution in [3.8, 4) is 0 Å². The molecule has 130 valence electrons. The number of amidine groups is 1. The molecule has 0 aliphatic heterocycles. The molecule has 0 aliphatic carbocycles. The van der Waals surface area contributed by atoms with E-state index < -0.39 is 5.82 Å². The van der Waals surface area contributed by atoms with Crippen LogP contribution < -0.4 is 11.2 Å². The lowest BCUT2D eigenvalue weighted by molar-refractivity contribution is 0.111. The summed E-state index contributed by atoms with van der Waals surface area (Å²) in [5.74, 6) is 4.35.